The molecule has 0 spiro atoms. The molecule has 0 heterocycles. The SMILES string of the molecule is Cc1ccc(Br)c(OP(=O)(Oc2cc(C)ccc2Br)Oc2cc(C)ccc2Br)c1. The van der Waals surface area contributed by atoms with Gasteiger partial charge in [0.15, 0.2) is 0 Å². The normalized spacial score (nSPS) is 11.2. The Morgan fingerprint density at radius 3 is 1.14 bits per heavy atom. The molecule has 0 bridgehead atoms. The highest BCUT2D eigenvalue weighted by atomic mass is 79.9. The smallest absolute Gasteiger partial charge is 0.385 e. The molecule has 8 heteroatoms. The lowest BCUT2D eigenvalue weighted by Crippen LogP contribution is -2.09. The van der Waals surface area contributed by atoms with Crippen molar-refractivity contribution in [1.29, 1.82) is 0 Å². The first-order chi connectivity index (χ1) is 13.6. The van der Waals surface area contributed by atoms with Gasteiger partial charge in [0.1, 0.15) is 17.2 Å². The molecule has 3 rings (SSSR count). The third-order valence-electron chi connectivity index (χ3n) is 3.89. The van der Waals surface area contributed by atoms with Gasteiger partial charge >= 0.3 is 7.82 Å². The van der Waals surface area contributed by atoms with Gasteiger partial charge in [0.25, 0.3) is 0 Å². The Kier molecular flexibility index (Phi) is 7.15. The second-order valence-corrected chi connectivity index (χ2v) is 10.5. The van der Waals surface area contributed by atoms with E-state index in [1.165, 1.54) is 0 Å². The van der Waals surface area contributed by atoms with Crippen LogP contribution in [0.5, 0.6) is 17.2 Å². The minimum Gasteiger partial charge on any atom is -0.385 e. The number of aryl methyl sites for hydroxylation is 3. The van der Waals surface area contributed by atoms with E-state index in [9.17, 15) is 4.57 Å². The second kappa shape index (κ2) is 9.25. The van der Waals surface area contributed by atoms with Crippen molar-refractivity contribution in [3.8, 4) is 17.2 Å². The maximum absolute atomic E-state index is 13.8. The van der Waals surface area contributed by atoms with E-state index in [1.807, 2.05) is 57.2 Å². The van der Waals surface area contributed by atoms with Crippen molar-refractivity contribution in [3.05, 3.63) is 84.7 Å². The molecular weight excluding hydrogens is 587 g/mol. The van der Waals surface area contributed by atoms with Crippen molar-refractivity contribution < 1.29 is 18.1 Å². The lowest BCUT2D eigenvalue weighted by molar-refractivity contribution is 0.296. The summed E-state index contributed by atoms with van der Waals surface area (Å²) in [6.45, 7) is 5.75. The van der Waals surface area contributed by atoms with Crippen LogP contribution in [0.2, 0.25) is 0 Å². The Morgan fingerprint density at radius 2 is 0.862 bits per heavy atom. The molecule has 29 heavy (non-hydrogen) atoms. The van der Waals surface area contributed by atoms with Crippen LogP contribution in [0.1, 0.15) is 16.7 Å². The fraction of sp³-hybridized carbons (Fsp3) is 0.143. The van der Waals surface area contributed by atoms with Crippen molar-refractivity contribution >= 4 is 55.6 Å². The topological polar surface area (TPSA) is 44.8 Å². The van der Waals surface area contributed by atoms with E-state index in [0.717, 1.165) is 16.7 Å². The molecule has 0 fully saturated rings. The van der Waals surface area contributed by atoms with E-state index in [-0.39, 0.29) is 0 Å². The van der Waals surface area contributed by atoms with E-state index >= 15 is 0 Å². The van der Waals surface area contributed by atoms with E-state index in [0.29, 0.717) is 30.7 Å². The molecule has 0 aliphatic heterocycles. The first kappa shape index (κ1) is 22.4. The zero-order valence-corrected chi connectivity index (χ0v) is 21.6. The molecule has 152 valence electrons. The predicted octanol–water partition coefficient (Wildman–Crippen LogP) is 8.54. The van der Waals surface area contributed by atoms with Crippen molar-refractivity contribution in [2.75, 3.05) is 0 Å². The molecule has 3 aromatic rings. The molecular formula is C21H18Br3O4P. The number of phosphoric ester groups is 1. The van der Waals surface area contributed by atoms with E-state index in [4.69, 9.17) is 13.6 Å². The average Bonchev–Trinajstić information content (AvgIpc) is 2.64. The van der Waals surface area contributed by atoms with Gasteiger partial charge in [-0.2, -0.15) is 4.57 Å². The second-order valence-electron chi connectivity index (χ2n) is 6.52. The zero-order valence-electron chi connectivity index (χ0n) is 15.9. The van der Waals surface area contributed by atoms with Crippen molar-refractivity contribution in [1.82, 2.24) is 0 Å². The highest BCUT2D eigenvalue weighted by Crippen LogP contribution is 2.53. The lowest BCUT2D eigenvalue weighted by atomic mass is 10.2. The van der Waals surface area contributed by atoms with Crippen LogP contribution in [0.4, 0.5) is 0 Å². The summed E-state index contributed by atoms with van der Waals surface area (Å²) in [7, 11) is -4.12. The van der Waals surface area contributed by atoms with Gasteiger partial charge in [0.05, 0.1) is 13.4 Å². The van der Waals surface area contributed by atoms with E-state index in [2.05, 4.69) is 47.8 Å². The summed E-state index contributed by atoms with van der Waals surface area (Å²) in [5.74, 6) is 1.09. The van der Waals surface area contributed by atoms with Crippen molar-refractivity contribution in [2.45, 2.75) is 20.8 Å². The van der Waals surface area contributed by atoms with Gasteiger partial charge in [0.2, 0.25) is 0 Å². The lowest BCUT2D eigenvalue weighted by Gasteiger charge is -2.21. The van der Waals surface area contributed by atoms with E-state index < -0.39 is 7.82 Å². The van der Waals surface area contributed by atoms with Crippen LogP contribution >= 0.6 is 55.6 Å². The molecule has 0 saturated carbocycles. The fourth-order valence-electron chi connectivity index (χ4n) is 2.46. The van der Waals surface area contributed by atoms with Gasteiger partial charge in [-0.25, -0.2) is 0 Å². The Hall–Kier alpha value is -1.27. The summed E-state index contributed by atoms with van der Waals surface area (Å²) >= 11 is 10.3. The first-order valence-corrected chi connectivity index (χ1v) is 12.5. The average molecular weight is 605 g/mol. The quantitative estimate of drug-likeness (QED) is 0.265. The molecule has 0 N–H and O–H groups in total. The number of rotatable bonds is 6. The van der Waals surface area contributed by atoms with Gasteiger partial charge in [-0.15, -0.1) is 0 Å². The minimum absolute atomic E-state index is 0.362. The maximum atomic E-state index is 13.8. The van der Waals surface area contributed by atoms with Crippen LogP contribution in [-0.4, -0.2) is 0 Å². The molecule has 0 aromatic heterocycles. The molecule has 0 radical (unpaired) electrons. The summed E-state index contributed by atoms with van der Waals surface area (Å²) in [6, 6.07) is 16.5. The van der Waals surface area contributed by atoms with Gasteiger partial charge in [-0.3, -0.25) is 0 Å². The Balaban J connectivity index is 2.04. The van der Waals surface area contributed by atoms with Gasteiger partial charge in [-0.05, 0) is 122 Å². The summed E-state index contributed by atoms with van der Waals surface area (Å²) < 4.78 is 33.2. The number of hydrogen-bond donors (Lipinski definition) is 0. The molecule has 0 aliphatic rings. The van der Waals surface area contributed by atoms with Crippen LogP contribution in [0.25, 0.3) is 0 Å². The van der Waals surface area contributed by atoms with Gasteiger partial charge in [0, 0.05) is 0 Å². The zero-order chi connectivity index (χ0) is 21.2. The summed E-state index contributed by atoms with van der Waals surface area (Å²) in [5, 5.41) is 0. The van der Waals surface area contributed by atoms with Crippen LogP contribution in [0.3, 0.4) is 0 Å². The Morgan fingerprint density at radius 1 is 0.586 bits per heavy atom. The predicted molar refractivity (Wildman–Crippen MR) is 126 cm³/mol. The van der Waals surface area contributed by atoms with Crippen molar-refractivity contribution in [3.63, 3.8) is 0 Å². The molecule has 4 nitrogen and oxygen atoms in total. The fourth-order valence-corrected chi connectivity index (χ4v) is 5.10. The van der Waals surface area contributed by atoms with Crippen LogP contribution in [0.15, 0.2) is 68.0 Å². The van der Waals surface area contributed by atoms with Crippen molar-refractivity contribution in [2.24, 2.45) is 0 Å². The third kappa shape index (κ3) is 5.88. The van der Waals surface area contributed by atoms with Crippen LogP contribution < -0.4 is 13.6 Å². The minimum atomic E-state index is -4.12. The Labute approximate surface area is 195 Å². The largest absolute Gasteiger partial charge is 0.647 e. The van der Waals surface area contributed by atoms with E-state index in [1.54, 1.807) is 18.2 Å². The monoisotopic (exact) mass is 602 g/mol. The van der Waals surface area contributed by atoms with Gasteiger partial charge < -0.3 is 13.6 Å². The standard InChI is InChI=1S/C21H18Br3O4P/c1-13-4-7-16(22)19(10-13)26-29(25,27-20-11-14(2)5-8-17(20)23)28-21-12-15(3)6-9-18(21)24/h4-12H,1-3H3. The molecule has 0 amide bonds. The Bertz CT molecular complexity index is 965. The number of hydrogen-bond acceptors (Lipinski definition) is 4. The van der Waals surface area contributed by atoms with Gasteiger partial charge in [-0.1, -0.05) is 18.2 Å². The maximum Gasteiger partial charge on any atom is 0.647 e. The van der Waals surface area contributed by atoms with Crippen LogP contribution in [0, 0.1) is 20.8 Å². The summed E-state index contributed by atoms with van der Waals surface area (Å²) in [5.41, 5.74) is 2.84. The summed E-state index contributed by atoms with van der Waals surface area (Å²) in [6.07, 6.45) is 0. The third-order valence-corrected chi connectivity index (χ3v) is 7.12. The summed E-state index contributed by atoms with van der Waals surface area (Å²) in [4.78, 5) is 0. The molecule has 0 atom stereocenters. The number of benzene rings is 3. The van der Waals surface area contributed by atoms with Crippen LogP contribution in [-0.2, 0) is 4.57 Å². The highest BCUT2D eigenvalue weighted by molar-refractivity contribution is 9.11. The highest BCUT2D eigenvalue weighted by Gasteiger charge is 2.35. The molecule has 0 aliphatic carbocycles. The molecule has 0 unspecified atom stereocenters. The number of phosphoric acid groups is 1. The number of halogens is 3. The molecule has 3 aromatic carbocycles. The molecule has 0 saturated heterocycles. The first-order valence-electron chi connectivity index (χ1n) is 8.62.